The summed E-state index contributed by atoms with van der Waals surface area (Å²) in [6.45, 7) is 8.47. The molecule has 1 aromatic carbocycles. The molecular weight excluding hydrogens is 242 g/mol. The fraction of sp³-hybridized carbons (Fsp3) is 0.600. The molecule has 0 N–H and O–H groups in total. The molecule has 0 spiro atoms. The van der Waals surface area contributed by atoms with E-state index in [4.69, 9.17) is 14.2 Å². The summed E-state index contributed by atoms with van der Waals surface area (Å²) in [5.41, 5.74) is 1.11. The molecule has 4 nitrogen and oxygen atoms in total. The first-order valence-corrected chi connectivity index (χ1v) is 6.69. The van der Waals surface area contributed by atoms with Crippen LogP contribution in [0.2, 0.25) is 0 Å². The molecule has 0 aliphatic carbocycles. The van der Waals surface area contributed by atoms with E-state index in [1.165, 1.54) is 0 Å². The lowest BCUT2D eigenvalue weighted by Gasteiger charge is -2.44. The van der Waals surface area contributed by atoms with Gasteiger partial charge >= 0.3 is 0 Å². The molecule has 1 atom stereocenters. The molecule has 0 aromatic heterocycles. The van der Waals surface area contributed by atoms with Crippen LogP contribution >= 0.6 is 0 Å². The highest BCUT2D eigenvalue weighted by Crippen LogP contribution is 2.33. The van der Waals surface area contributed by atoms with E-state index >= 15 is 0 Å². The van der Waals surface area contributed by atoms with Crippen LogP contribution in [0.3, 0.4) is 0 Å². The van der Waals surface area contributed by atoms with Gasteiger partial charge < -0.3 is 19.1 Å². The number of rotatable bonds is 4. The van der Waals surface area contributed by atoms with Crippen LogP contribution in [0.15, 0.2) is 24.3 Å². The summed E-state index contributed by atoms with van der Waals surface area (Å²) in [4.78, 5) is 2.22. The number of anilines is 1. The third-order valence-corrected chi connectivity index (χ3v) is 3.37. The number of methoxy groups -OCH3 is 1. The van der Waals surface area contributed by atoms with E-state index in [1.807, 2.05) is 19.1 Å². The third-order valence-electron chi connectivity index (χ3n) is 3.37. The number of ether oxygens (including phenoxy) is 3. The zero-order valence-electron chi connectivity index (χ0n) is 12.2. The molecule has 4 heteroatoms. The van der Waals surface area contributed by atoms with Crippen molar-refractivity contribution in [2.75, 3.05) is 31.9 Å². The summed E-state index contributed by atoms with van der Waals surface area (Å²) in [5.74, 6) is 0.869. The van der Waals surface area contributed by atoms with E-state index in [0.29, 0.717) is 13.3 Å². The first kappa shape index (κ1) is 14.2. The molecule has 0 amide bonds. The predicted octanol–water partition coefficient (Wildman–Crippen LogP) is 2.88. The molecule has 19 heavy (non-hydrogen) atoms. The minimum atomic E-state index is -0.132. The number of nitrogens with zero attached hydrogens (tertiary/aromatic N) is 1. The molecule has 1 aromatic rings. The van der Waals surface area contributed by atoms with E-state index in [9.17, 15) is 0 Å². The topological polar surface area (TPSA) is 30.9 Å². The van der Waals surface area contributed by atoms with Crippen molar-refractivity contribution in [2.45, 2.75) is 27.1 Å². The van der Waals surface area contributed by atoms with Crippen LogP contribution in [0.4, 0.5) is 5.69 Å². The van der Waals surface area contributed by atoms with Gasteiger partial charge in [-0.1, -0.05) is 13.8 Å². The molecule has 1 heterocycles. The smallest absolute Gasteiger partial charge is 0.166 e. The summed E-state index contributed by atoms with van der Waals surface area (Å²) < 4.78 is 16.7. The molecule has 106 valence electrons. The number of benzene rings is 1. The number of hydrogen-bond acceptors (Lipinski definition) is 4. The van der Waals surface area contributed by atoms with Crippen molar-refractivity contribution in [3.8, 4) is 5.75 Å². The molecule has 2 rings (SSSR count). The van der Waals surface area contributed by atoms with E-state index in [2.05, 4.69) is 30.9 Å². The van der Waals surface area contributed by atoms with Gasteiger partial charge in [0.15, 0.2) is 6.29 Å². The highest BCUT2D eigenvalue weighted by atomic mass is 16.7. The maximum Gasteiger partial charge on any atom is 0.166 e. The molecule has 0 saturated carbocycles. The maximum absolute atomic E-state index is 5.83. The Bertz CT molecular complexity index is 402. The second kappa shape index (κ2) is 5.80. The first-order chi connectivity index (χ1) is 9.06. The molecule has 1 saturated heterocycles. The second-order valence-corrected chi connectivity index (χ2v) is 5.47. The van der Waals surface area contributed by atoms with Crippen LogP contribution in [-0.2, 0) is 9.47 Å². The minimum absolute atomic E-state index is 0.0335. The van der Waals surface area contributed by atoms with E-state index in [-0.39, 0.29) is 11.7 Å². The largest absolute Gasteiger partial charge is 0.497 e. The van der Waals surface area contributed by atoms with Crippen LogP contribution in [0, 0.1) is 5.41 Å². The molecule has 0 bridgehead atoms. The molecule has 0 radical (unpaired) electrons. The minimum Gasteiger partial charge on any atom is -0.497 e. The van der Waals surface area contributed by atoms with Crippen molar-refractivity contribution in [1.29, 1.82) is 0 Å². The molecular formula is C15H23NO3. The highest BCUT2D eigenvalue weighted by molar-refractivity contribution is 5.49. The lowest BCUT2D eigenvalue weighted by atomic mass is 9.90. The summed E-state index contributed by atoms with van der Waals surface area (Å²) in [5, 5.41) is 0. The summed E-state index contributed by atoms with van der Waals surface area (Å²) in [6.07, 6.45) is -0.132. The van der Waals surface area contributed by atoms with Gasteiger partial charge in [-0.25, -0.2) is 0 Å². The van der Waals surface area contributed by atoms with E-state index in [0.717, 1.165) is 18.0 Å². The van der Waals surface area contributed by atoms with Crippen LogP contribution < -0.4 is 9.64 Å². The first-order valence-electron chi connectivity index (χ1n) is 6.69. The van der Waals surface area contributed by atoms with Crippen LogP contribution in [0.1, 0.15) is 20.8 Å². The van der Waals surface area contributed by atoms with E-state index in [1.54, 1.807) is 7.11 Å². The number of hydrogen-bond donors (Lipinski definition) is 0. The van der Waals surface area contributed by atoms with Crippen LogP contribution in [0.25, 0.3) is 0 Å². The van der Waals surface area contributed by atoms with Gasteiger partial charge in [0.05, 0.1) is 7.11 Å². The summed E-state index contributed by atoms with van der Waals surface area (Å²) >= 11 is 0. The van der Waals surface area contributed by atoms with Crippen molar-refractivity contribution in [3.63, 3.8) is 0 Å². The fourth-order valence-corrected chi connectivity index (χ4v) is 2.38. The average Bonchev–Trinajstić information content (AvgIpc) is 2.41. The van der Waals surface area contributed by atoms with Crippen molar-refractivity contribution < 1.29 is 14.2 Å². The average molecular weight is 265 g/mol. The molecule has 1 aliphatic rings. The van der Waals surface area contributed by atoms with Gasteiger partial charge in [0.25, 0.3) is 0 Å². The Hall–Kier alpha value is -1.26. The summed E-state index contributed by atoms with van der Waals surface area (Å²) in [6, 6.07) is 8.05. The molecule has 1 unspecified atom stereocenters. The van der Waals surface area contributed by atoms with Gasteiger partial charge in [-0.3, -0.25) is 0 Å². The fourth-order valence-electron chi connectivity index (χ4n) is 2.38. The Kier molecular flexibility index (Phi) is 4.32. The van der Waals surface area contributed by atoms with Gasteiger partial charge in [-0.15, -0.1) is 0 Å². The SMILES string of the molecule is CCOC1OCN(c2ccc(OC)cc2)CC1(C)C. The van der Waals surface area contributed by atoms with Crippen molar-refractivity contribution in [2.24, 2.45) is 5.41 Å². The van der Waals surface area contributed by atoms with Crippen LogP contribution in [0.5, 0.6) is 5.75 Å². The van der Waals surface area contributed by atoms with Crippen LogP contribution in [-0.4, -0.2) is 33.3 Å². The van der Waals surface area contributed by atoms with Gasteiger partial charge in [0, 0.05) is 24.3 Å². The Labute approximate surface area is 115 Å². The Morgan fingerprint density at radius 3 is 2.53 bits per heavy atom. The summed E-state index contributed by atoms with van der Waals surface area (Å²) in [7, 11) is 1.68. The quantitative estimate of drug-likeness (QED) is 0.837. The van der Waals surface area contributed by atoms with E-state index < -0.39 is 0 Å². The zero-order chi connectivity index (χ0) is 13.9. The lowest BCUT2D eigenvalue weighted by Crippen LogP contribution is -2.51. The lowest BCUT2D eigenvalue weighted by molar-refractivity contribution is -0.211. The maximum atomic E-state index is 5.83. The molecule has 1 fully saturated rings. The third kappa shape index (κ3) is 3.19. The Balaban J connectivity index is 2.07. The highest BCUT2D eigenvalue weighted by Gasteiger charge is 2.37. The van der Waals surface area contributed by atoms with Gasteiger partial charge in [-0.05, 0) is 31.2 Å². The van der Waals surface area contributed by atoms with Gasteiger partial charge in [0.2, 0.25) is 0 Å². The Morgan fingerprint density at radius 2 is 2.00 bits per heavy atom. The zero-order valence-corrected chi connectivity index (χ0v) is 12.2. The van der Waals surface area contributed by atoms with Gasteiger partial charge in [0.1, 0.15) is 12.5 Å². The van der Waals surface area contributed by atoms with Crippen molar-refractivity contribution >= 4 is 5.69 Å². The predicted molar refractivity (Wildman–Crippen MR) is 75.5 cm³/mol. The second-order valence-electron chi connectivity index (χ2n) is 5.47. The van der Waals surface area contributed by atoms with Crippen molar-refractivity contribution in [1.82, 2.24) is 0 Å². The monoisotopic (exact) mass is 265 g/mol. The Morgan fingerprint density at radius 1 is 1.32 bits per heavy atom. The standard InChI is InChI=1S/C15H23NO3/c1-5-18-14-15(2,3)10-16(11-19-14)12-6-8-13(17-4)9-7-12/h6-9,14H,5,10-11H2,1-4H3. The molecule has 1 aliphatic heterocycles. The van der Waals surface area contributed by atoms with Gasteiger partial charge in [-0.2, -0.15) is 0 Å². The van der Waals surface area contributed by atoms with Crippen molar-refractivity contribution in [3.05, 3.63) is 24.3 Å². The normalized spacial score (nSPS) is 22.3.